The Balaban J connectivity index is 1.28. The van der Waals surface area contributed by atoms with Crippen molar-refractivity contribution in [3.63, 3.8) is 0 Å². The second-order valence-electron chi connectivity index (χ2n) is 11.5. The lowest BCUT2D eigenvalue weighted by Gasteiger charge is -2.26. The molecule has 0 radical (unpaired) electrons. The van der Waals surface area contributed by atoms with Crippen LogP contribution in [0.1, 0.15) is 64.8 Å². The third-order valence-corrected chi connectivity index (χ3v) is 8.38. The number of methoxy groups -OCH3 is 1. The molecule has 0 unspecified atom stereocenters. The van der Waals surface area contributed by atoms with Gasteiger partial charge >= 0.3 is 0 Å². The van der Waals surface area contributed by atoms with E-state index in [-0.39, 0.29) is 17.9 Å². The number of likely N-dealkylation sites (tertiary alicyclic amines) is 1. The number of benzene rings is 4. The van der Waals surface area contributed by atoms with Crippen molar-refractivity contribution < 1.29 is 14.3 Å². The molecule has 224 valence electrons. The maximum Gasteiger partial charge on any atom is 0.258 e. The summed E-state index contributed by atoms with van der Waals surface area (Å²) in [7, 11) is 1.63. The lowest BCUT2D eigenvalue weighted by atomic mass is 9.98. The molecule has 0 saturated carbocycles. The van der Waals surface area contributed by atoms with Gasteiger partial charge in [0.2, 0.25) is 0 Å². The molecule has 4 aromatic rings. The molecule has 7 heteroatoms. The van der Waals surface area contributed by atoms with Crippen LogP contribution in [0.4, 0.5) is 11.4 Å². The van der Waals surface area contributed by atoms with Gasteiger partial charge in [0.15, 0.2) is 0 Å². The molecule has 2 aliphatic heterocycles. The monoisotopic (exact) mass is 586 g/mol. The minimum Gasteiger partial charge on any atom is -0.497 e. The highest BCUT2D eigenvalue weighted by Gasteiger charge is 2.29. The normalized spacial score (nSPS) is 16.5. The minimum atomic E-state index is -0.215. The molecule has 1 saturated heterocycles. The molecule has 4 aromatic carbocycles. The number of carbonyl (C=O) groups is 2. The Labute approximate surface area is 258 Å². The molecule has 6 rings (SSSR count). The Morgan fingerprint density at radius 3 is 2.32 bits per heavy atom. The van der Waals surface area contributed by atoms with Crippen LogP contribution in [0, 0.1) is 0 Å². The number of nitrogens with zero attached hydrogens (tertiary/aromatic N) is 1. The molecular weight excluding hydrogens is 548 g/mol. The number of fused-ring (bicyclic) bond motifs is 1. The lowest BCUT2D eigenvalue weighted by molar-refractivity contribution is -0.110. The van der Waals surface area contributed by atoms with E-state index in [9.17, 15) is 9.59 Å². The highest BCUT2D eigenvalue weighted by Crippen LogP contribution is 2.38. The summed E-state index contributed by atoms with van der Waals surface area (Å²) in [6.45, 7) is 5.20. The largest absolute Gasteiger partial charge is 0.497 e. The zero-order valence-corrected chi connectivity index (χ0v) is 25.2. The summed E-state index contributed by atoms with van der Waals surface area (Å²) < 4.78 is 5.25. The zero-order chi connectivity index (χ0) is 30.5. The molecular formula is C37H38N4O3. The summed E-state index contributed by atoms with van der Waals surface area (Å²) in [4.78, 5) is 29.4. The van der Waals surface area contributed by atoms with Crippen molar-refractivity contribution in [1.29, 1.82) is 0 Å². The number of carbonyl (C=O) groups excluding carboxylic acids is 2. The van der Waals surface area contributed by atoms with Crippen LogP contribution in [0.3, 0.4) is 0 Å². The van der Waals surface area contributed by atoms with Gasteiger partial charge in [-0.1, -0.05) is 61.0 Å². The molecule has 7 nitrogen and oxygen atoms in total. The summed E-state index contributed by atoms with van der Waals surface area (Å²) in [5.74, 6) is 0.337. The maximum atomic E-state index is 13.5. The second-order valence-corrected chi connectivity index (χ2v) is 11.5. The Bertz CT molecular complexity index is 1660. The maximum absolute atomic E-state index is 13.5. The van der Waals surface area contributed by atoms with Gasteiger partial charge in [-0.05, 0) is 92.0 Å². The second kappa shape index (κ2) is 13.2. The van der Waals surface area contributed by atoms with Crippen molar-refractivity contribution in [3.8, 4) is 5.75 Å². The van der Waals surface area contributed by atoms with Gasteiger partial charge in [-0.25, -0.2) is 0 Å². The number of hydrogen-bond donors (Lipinski definition) is 3. The fraction of sp³-hybridized carbons (Fsp3) is 0.243. The number of amides is 2. The zero-order valence-electron chi connectivity index (χ0n) is 25.2. The van der Waals surface area contributed by atoms with E-state index in [0.29, 0.717) is 28.1 Å². The van der Waals surface area contributed by atoms with Crippen LogP contribution < -0.4 is 20.7 Å². The molecule has 0 spiro atoms. The van der Waals surface area contributed by atoms with Gasteiger partial charge in [-0.2, -0.15) is 0 Å². The van der Waals surface area contributed by atoms with Crippen molar-refractivity contribution >= 4 is 34.5 Å². The molecule has 2 heterocycles. The van der Waals surface area contributed by atoms with Gasteiger partial charge < -0.3 is 20.7 Å². The van der Waals surface area contributed by atoms with E-state index in [1.807, 2.05) is 61.5 Å². The molecule has 3 N–H and O–H groups in total. The average molecular weight is 587 g/mol. The number of rotatable bonds is 9. The standard InChI is InChI=1S/C37H38N4O3/c1-25(27-13-18-31(44-2)19-14-27)38-36(42)29-15-20-33-32(23-29)34(37(43)40-33)35(28-9-5-3-6-10-28)39-30-16-11-26(12-17-30)24-41-21-7-4-8-22-41/h3,5-6,9-20,23,25,39H,4,7-8,21-22,24H2,1-2H3,(H,38,42)(H,40,43)/b35-34-/t25-/m0/s1. The molecule has 0 aromatic heterocycles. The van der Waals surface area contributed by atoms with Crippen LogP contribution >= 0.6 is 0 Å². The number of ether oxygens (including phenoxy) is 1. The molecule has 1 fully saturated rings. The minimum absolute atomic E-state index is 0.211. The Morgan fingerprint density at radius 2 is 1.61 bits per heavy atom. The fourth-order valence-corrected chi connectivity index (χ4v) is 5.91. The molecule has 2 amide bonds. The third kappa shape index (κ3) is 6.53. The van der Waals surface area contributed by atoms with Crippen molar-refractivity contribution in [1.82, 2.24) is 10.2 Å². The fourth-order valence-electron chi connectivity index (χ4n) is 5.91. The van der Waals surface area contributed by atoms with Crippen molar-refractivity contribution in [3.05, 3.63) is 125 Å². The van der Waals surface area contributed by atoms with Gasteiger partial charge in [0, 0.05) is 29.0 Å². The topological polar surface area (TPSA) is 82.7 Å². The smallest absolute Gasteiger partial charge is 0.258 e. The van der Waals surface area contributed by atoms with E-state index in [0.717, 1.165) is 42.2 Å². The summed E-state index contributed by atoms with van der Waals surface area (Å²) in [5, 5.41) is 9.62. The average Bonchev–Trinajstić information content (AvgIpc) is 3.39. The first kappa shape index (κ1) is 29.2. The Hall–Kier alpha value is -4.88. The van der Waals surface area contributed by atoms with Crippen molar-refractivity contribution in [2.24, 2.45) is 0 Å². The SMILES string of the molecule is COc1ccc([C@H](C)NC(=O)c2ccc3c(c2)/C(=C(/Nc2ccc(CN4CCCCC4)cc2)c2ccccc2)C(=O)N3)cc1. The first-order valence-corrected chi connectivity index (χ1v) is 15.3. The summed E-state index contributed by atoms with van der Waals surface area (Å²) in [6.07, 6.45) is 3.85. The van der Waals surface area contributed by atoms with E-state index in [4.69, 9.17) is 4.74 Å². The number of nitrogens with one attached hydrogen (secondary N) is 3. The van der Waals surface area contributed by atoms with Crippen LogP contribution in [0.15, 0.2) is 97.1 Å². The highest BCUT2D eigenvalue weighted by molar-refractivity contribution is 6.37. The Kier molecular flexibility index (Phi) is 8.75. The van der Waals surface area contributed by atoms with Crippen molar-refractivity contribution in [2.45, 2.75) is 38.8 Å². The number of piperidine rings is 1. The van der Waals surface area contributed by atoms with Gasteiger partial charge in [0.25, 0.3) is 11.8 Å². The van der Waals surface area contributed by atoms with E-state index in [1.165, 1.54) is 24.8 Å². The van der Waals surface area contributed by atoms with E-state index in [1.54, 1.807) is 25.3 Å². The van der Waals surface area contributed by atoms with Gasteiger partial charge in [-0.3, -0.25) is 14.5 Å². The van der Waals surface area contributed by atoms with Crippen LogP contribution in [0.25, 0.3) is 11.3 Å². The Morgan fingerprint density at radius 1 is 0.886 bits per heavy atom. The van der Waals surface area contributed by atoms with Crippen LogP contribution in [-0.2, 0) is 11.3 Å². The molecule has 2 aliphatic rings. The van der Waals surface area contributed by atoms with E-state index >= 15 is 0 Å². The molecule has 0 aliphatic carbocycles. The number of hydrogen-bond acceptors (Lipinski definition) is 5. The molecule has 44 heavy (non-hydrogen) atoms. The van der Waals surface area contributed by atoms with Crippen LogP contribution in [0.5, 0.6) is 5.75 Å². The first-order chi connectivity index (χ1) is 21.5. The van der Waals surface area contributed by atoms with Gasteiger partial charge in [0.05, 0.1) is 24.4 Å². The molecule has 1 atom stereocenters. The third-order valence-electron chi connectivity index (χ3n) is 8.38. The van der Waals surface area contributed by atoms with Crippen LogP contribution in [-0.4, -0.2) is 36.9 Å². The summed E-state index contributed by atoms with van der Waals surface area (Å²) in [5.41, 5.74) is 7.05. The summed E-state index contributed by atoms with van der Waals surface area (Å²) >= 11 is 0. The quantitative estimate of drug-likeness (QED) is 0.182. The van der Waals surface area contributed by atoms with Crippen molar-refractivity contribution in [2.75, 3.05) is 30.8 Å². The molecule has 0 bridgehead atoms. The highest BCUT2D eigenvalue weighted by atomic mass is 16.5. The first-order valence-electron chi connectivity index (χ1n) is 15.3. The number of anilines is 2. The summed E-state index contributed by atoms with van der Waals surface area (Å²) in [6, 6.07) is 31.0. The van der Waals surface area contributed by atoms with Crippen LogP contribution in [0.2, 0.25) is 0 Å². The van der Waals surface area contributed by atoms with Gasteiger partial charge in [0.1, 0.15) is 5.75 Å². The van der Waals surface area contributed by atoms with E-state index in [2.05, 4.69) is 45.1 Å². The predicted octanol–water partition coefficient (Wildman–Crippen LogP) is 7.10. The van der Waals surface area contributed by atoms with Gasteiger partial charge in [-0.15, -0.1) is 0 Å². The predicted molar refractivity (Wildman–Crippen MR) is 176 cm³/mol. The van der Waals surface area contributed by atoms with E-state index < -0.39 is 0 Å². The lowest BCUT2D eigenvalue weighted by Crippen LogP contribution is -2.29.